The molecule has 0 saturated carbocycles. The Bertz CT molecular complexity index is 2040. The molecule has 0 spiro atoms. The molecule has 1 aliphatic carbocycles. The molecule has 2 atom stereocenters. The lowest BCUT2D eigenvalue weighted by Crippen LogP contribution is -2.24. The van der Waals surface area contributed by atoms with Gasteiger partial charge in [0.2, 0.25) is 0 Å². The summed E-state index contributed by atoms with van der Waals surface area (Å²) >= 11 is 0. The zero-order valence-electron chi connectivity index (χ0n) is 24.0. The van der Waals surface area contributed by atoms with E-state index < -0.39 is 0 Å². The molecule has 2 bridgehead atoms. The van der Waals surface area contributed by atoms with Gasteiger partial charge in [-0.05, 0) is 78.2 Å². The Morgan fingerprint density at radius 3 is 0.932 bits per heavy atom. The minimum Gasteiger partial charge on any atom is -0.223 e. The van der Waals surface area contributed by atoms with E-state index in [1.54, 1.807) is 0 Å². The van der Waals surface area contributed by atoms with Crippen LogP contribution in [0.5, 0.6) is 0 Å². The molecule has 0 fully saturated rings. The summed E-state index contributed by atoms with van der Waals surface area (Å²) in [4.78, 5) is 12.1. The third-order valence-electron chi connectivity index (χ3n) is 9.09. The van der Waals surface area contributed by atoms with E-state index in [0.29, 0.717) is 0 Å². The second-order valence-corrected chi connectivity index (χ2v) is 11.5. The van der Waals surface area contributed by atoms with Gasteiger partial charge in [0.15, 0.2) is 0 Å². The molecule has 0 amide bonds. The fourth-order valence-electron chi connectivity index (χ4n) is 7.36. The number of benzene rings is 7. The third-order valence-corrected chi connectivity index (χ3v) is 9.09. The van der Waals surface area contributed by atoms with Gasteiger partial charge in [0.05, 0.1) is 0 Å². The van der Waals surface area contributed by atoms with Crippen molar-refractivity contribution in [1.82, 2.24) is 0 Å². The van der Waals surface area contributed by atoms with Crippen LogP contribution in [-0.2, 0) is 9.78 Å². The molecule has 208 valence electrons. The average Bonchev–Trinajstić information content (AvgIpc) is 3.11. The summed E-state index contributed by atoms with van der Waals surface area (Å²) in [5, 5.41) is 4.94. The monoisotopic (exact) mass is 564 g/mol. The van der Waals surface area contributed by atoms with Gasteiger partial charge in [0.25, 0.3) is 0 Å². The summed E-state index contributed by atoms with van der Waals surface area (Å²) in [6.07, 6.45) is 3.69. The molecular weight excluding hydrogens is 536 g/mol. The van der Waals surface area contributed by atoms with Crippen molar-refractivity contribution in [2.45, 2.75) is 12.2 Å². The molecule has 7 aromatic rings. The second-order valence-electron chi connectivity index (χ2n) is 11.5. The number of rotatable bonds is 4. The van der Waals surface area contributed by atoms with Crippen LogP contribution in [0.3, 0.4) is 0 Å². The lowest BCUT2D eigenvalue weighted by Gasteiger charge is -2.38. The Kier molecular flexibility index (Phi) is 5.83. The maximum atomic E-state index is 6.07. The Hall–Kier alpha value is -5.28. The normalized spacial score (nSPS) is 16.8. The van der Waals surface area contributed by atoms with Gasteiger partial charge in [-0.1, -0.05) is 146 Å². The van der Waals surface area contributed by atoms with Gasteiger partial charge in [-0.3, -0.25) is 0 Å². The minimum atomic E-state index is -0.313. The van der Waals surface area contributed by atoms with E-state index in [4.69, 9.17) is 9.78 Å². The first kappa shape index (κ1) is 25.2. The van der Waals surface area contributed by atoms with Crippen molar-refractivity contribution in [3.8, 4) is 44.5 Å². The minimum absolute atomic E-state index is 0.313. The van der Waals surface area contributed by atoms with Crippen molar-refractivity contribution >= 4 is 21.5 Å². The fraction of sp³-hybridized carbons (Fsp3) is 0.0476. The van der Waals surface area contributed by atoms with E-state index in [1.807, 2.05) is 0 Å². The molecule has 0 radical (unpaired) electrons. The first-order chi connectivity index (χ1) is 21.9. The molecular formula is C42H28O2. The van der Waals surface area contributed by atoms with E-state index >= 15 is 0 Å². The highest BCUT2D eigenvalue weighted by Gasteiger charge is 2.39. The SMILES string of the molecule is C1=CC2OOC1c1c2c(-c2ccccc2)c2c(-c3ccccc3)c3ccccc3c(-c3ccccc3)c2c1-c1ccccc1. The summed E-state index contributed by atoms with van der Waals surface area (Å²) < 4.78 is 0. The van der Waals surface area contributed by atoms with Crippen LogP contribution >= 0.6 is 0 Å². The van der Waals surface area contributed by atoms with E-state index in [-0.39, 0.29) is 12.2 Å². The molecule has 44 heavy (non-hydrogen) atoms. The topological polar surface area (TPSA) is 18.5 Å². The predicted molar refractivity (Wildman–Crippen MR) is 180 cm³/mol. The quantitative estimate of drug-likeness (QED) is 0.120. The Labute approximate surface area is 256 Å². The van der Waals surface area contributed by atoms with Crippen LogP contribution in [-0.4, -0.2) is 0 Å². The summed E-state index contributed by atoms with van der Waals surface area (Å²) in [5.41, 5.74) is 12.0. The van der Waals surface area contributed by atoms with Gasteiger partial charge >= 0.3 is 0 Å². The molecule has 2 nitrogen and oxygen atoms in total. The van der Waals surface area contributed by atoms with Crippen molar-refractivity contribution < 1.29 is 9.78 Å². The standard InChI is InChI=1S/C42H28O2/c1-5-15-27(16-6-1)35-31-23-13-14-24-32(31)36(28-17-7-2-8-18-28)42-38(30-21-11-4-12-22-30)40-34-26-25-33(43-44-34)39(40)37(41(35)42)29-19-9-3-10-20-29/h1-26,33-34H. The van der Waals surface area contributed by atoms with Crippen molar-refractivity contribution in [1.29, 1.82) is 0 Å². The first-order valence-corrected chi connectivity index (χ1v) is 15.2. The highest BCUT2D eigenvalue weighted by atomic mass is 17.2. The van der Waals surface area contributed by atoms with E-state index in [9.17, 15) is 0 Å². The van der Waals surface area contributed by atoms with Crippen LogP contribution < -0.4 is 0 Å². The lowest BCUT2D eigenvalue weighted by molar-refractivity contribution is -0.354. The van der Waals surface area contributed by atoms with Crippen molar-refractivity contribution in [3.05, 3.63) is 169 Å². The largest absolute Gasteiger partial charge is 0.223 e. The Balaban J connectivity index is 1.65. The van der Waals surface area contributed by atoms with Gasteiger partial charge in [-0.25, -0.2) is 9.78 Å². The molecule has 0 N–H and O–H groups in total. The average molecular weight is 565 g/mol. The summed E-state index contributed by atoms with van der Waals surface area (Å²) in [5.74, 6) is 0. The molecule has 2 heteroatoms. The molecule has 0 saturated heterocycles. The molecule has 2 unspecified atom stereocenters. The molecule has 0 aromatic heterocycles. The Morgan fingerprint density at radius 2 is 0.614 bits per heavy atom. The Morgan fingerprint density at radius 1 is 0.318 bits per heavy atom. The maximum absolute atomic E-state index is 6.07. The van der Waals surface area contributed by atoms with Crippen LogP contribution in [0.15, 0.2) is 158 Å². The zero-order chi connectivity index (χ0) is 29.0. The number of fused-ring (bicyclic) bond motifs is 3. The van der Waals surface area contributed by atoms with Crippen molar-refractivity contribution in [3.63, 3.8) is 0 Å². The van der Waals surface area contributed by atoms with Gasteiger partial charge in [-0.2, -0.15) is 0 Å². The summed E-state index contributed by atoms with van der Waals surface area (Å²) in [6, 6.07) is 52.2. The van der Waals surface area contributed by atoms with Crippen LogP contribution in [0, 0.1) is 0 Å². The van der Waals surface area contributed by atoms with Gasteiger partial charge in [0, 0.05) is 11.1 Å². The van der Waals surface area contributed by atoms with Crippen LogP contribution in [0.1, 0.15) is 23.3 Å². The summed E-state index contributed by atoms with van der Waals surface area (Å²) in [6.45, 7) is 0. The first-order valence-electron chi connectivity index (χ1n) is 15.2. The molecule has 3 aliphatic rings. The number of hydrogen-bond donors (Lipinski definition) is 0. The molecule has 2 aliphatic heterocycles. The predicted octanol–water partition coefficient (Wildman–Crippen LogP) is 11.3. The van der Waals surface area contributed by atoms with E-state index in [0.717, 1.165) is 0 Å². The van der Waals surface area contributed by atoms with E-state index in [1.165, 1.54) is 77.2 Å². The zero-order valence-corrected chi connectivity index (χ0v) is 24.0. The second kappa shape index (κ2) is 10.2. The van der Waals surface area contributed by atoms with Crippen molar-refractivity contribution in [2.75, 3.05) is 0 Å². The highest BCUT2D eigenvalue weighted by molar-refractivity contribution is 6.29. The number of hydrogen-bond acceptors (Lipinski definition) is 2. The smallest absolute Gasteiger partial charge is 0.137 e. The molecule has 7 aromatic carbocycles. The fourth-order valence-corrected chi connectivity index (χ4v) is 7.36. The van der Waals surface area contributed by atoms with Gasteiger partial charge in [-0.15, -0.1) is 0 Å². The summed E-state index contributed by atoms with van der Waals surface area (Å²) in [7, 11) is 0. The van der Waals surface area contributed by atoms with Crippen LogP contribution in [0.2, 0.25) is 0 Å². The highest BCUT2D eigenvalue weighted by Crippen LogP contribution is 2.58. The van der Waals surface area contributed by atoms with Crippen molar-refractivity contribution in [2.24, 2.45) is 0 Å². The van der Waals surface area contributed by atoms with Crippen LogP contribution in [0.4, 0.5) is 0 Å². The van der Waals surface area contributed by atoms with Gasteiger partial charge < -0.3 is 0 Å². The molecule has 2 heterocycles. The van der Waals surface area contributed by atoms with Gasteiger partial charge in [0.1, 0.15) is 12.2 Å². The maximum Gasteiger partial charge on any atom is 0.137 e. The van der Waals surface area contributed by atoms with E-state index in [2.05, 4.69) is 158 Å². The third kappa shape index (κ3) is 3.75. The van der Waals surface area contributed by atoms with Crippen LogP contribution in [0.25, 0.3) is 66.1 Å². The molecule has 10 rings (SSSR count). The lowest BCUT2D eigenvalue weighted by atomic mass is 9.73.